The summed E-state index contributed by atoms with van der Waals surface area (Å²) < 4.78 is 13.0. The smallest absolute Gasteiger partial charge is 0.136 e. The van der Waals surface area contributed by atoms with Gasteiger partial charge in [0, 0.05) is 38.8 Å². The number of benzene rings is 8. The van der Waals surface area contributed by atoms with Crippen LogP contribution in [-0.4, -0.2) is 0 Å². The Bertz CT molecular complexity index is 3420. The molecule has 272 valence electrons. The molecule has 0 bridgehead atoms. The predicted molar refractivity (Wildman–Crippen MR) is 239 cm³/mol. The molecule has 10 aromatic rings. The quantitative estimate of drug-likeness (QED) is 0.176. The van der Waals surface area contributed by atoms with Crippen LogP contribution in [-0.2, 0) is 5.41 Å². The third-order valence-corrected chi connectivity index (χ3v) is 12.3. The molecule has 0 saturated carbocycles. The van der Waals surface area contributed by atoms with E-state index in [0.717, 1.165) is 49.5 Å². The molecule has 0 amide bonds. The summed E-state index contributed by atoms with van der Waals surface area (Å²) in [4.78, 5) is 2.36. The van der Waals surface area contributed by atoms with E-state index in [1.165, 1.54) is 61.0 Å². The fourth-order valence-electron chi connectivity index (χ4n) is 9.98. The van der Waals surface area contributed by atoms with Crippen LogP contribution >= 0.6 is 0 Å². The van der Waals surface area contributed by atoms with E-state index >= 15 is 0 Å². The van der Waals surface area contributed by atoms with E-state index in [-0.39, 0.29) is 0 Å². The van der Waals surface area contributed by atoms with Gasteiger partial charge in [0.25, 0.3) is 0 Å². The maximum absolute atomic E-state index is 6.50. The SMILES string of the molecule is C=C/C=c1/oc2ccccc2/c1=C/N(c1ccc(-c2ccccc2)cc1)c1cccc2c1-c1ccccc1C21c2ccccc2-c2c1ccc1oc3ccccc3c21. The van der Waals surface area contributed by atoms with Crippen molar-refractivity contribution in [3.63, 3.8) is 0 Å². The first-order valence-corrected chi connectivity index (χ1v) is 19.8. The number of anilines is 2. The molecule has 2 aromatic heterocycles. The lowest BCUT2D eigenvalue weighted by atomic mass is 9.70. The first-order chi connectivity index (χ1) is 28.7. The van der Waals surface area contributed by atoms with E-state index in [1.807, 2.05) is 24.3 Å². The monoisotopic (exact) mass is 741 g/mol. The normalized spacial score (nSPS) is 15.6. The maximum Gasteiger partial charge on any atom is 0.136 e. The van der Waals surface area contributed by atoms with Gasteiger partial charge in [-0.05, 0) is 92.5 Å². The summed E-state index contributed by atoms with van der Waals surface area (Å²) in [6.45, 7) is 4.03. The van der Waals surface area contributed by atoms with Crippen LogP contribution in [0.5, 0.6) is 0 Å². The van der Waals surface area contributed by atoms with Crippen molar-refractivity contribution in [2.45, 2.75) is 5.41 Å². The Kier molecular flexibility index (Phi) is 6.99. The molecule has 1 unspecified atom stereocenters. The van der Waals surface area contributed by atoms with Gasteiger partial charge in [0.05, 0.1) is 11.1 Å². The van der Waals surface area contributed by atoms with Gasteiger partial charge in [0.15, 0.2) is 0 Å². The minimum absolute atomic E-state index is 0.548. The van der Waals surface area contributed by atoms with Gasteiger partial charge in [-0.2, -0.15) is 0 Å². The van der Waals surface area contributed by atoms with Crippen LogP contribution in [0.25, 0.3) is 78.6 Å². The molecule has 58 heavy (non-hydrogen) atoms. The van der Waals surface area contributed by atoms with Crippen molar-refractivity contribution >= 4 is 56.6 Å². The summed E-state index contributed by atoms with van der Waals surface area (Å²) in [5.74, 6) is 0. The molecule has 0 fully saturated rings. The summed E-state index contributed by atoms with van der Waals surface area (Å²) in [7, 11) is 0. The number of hydrogen-bond donors (Lipinski definition) is 0. The van der Waals surface area contributed by atoms with Crippen molar-refractivity contribution in [3.8, 4) is 33.4 Å². The maximum atomic E-state index is 6.50. The molecule has 2 aliphatic rings. The van der Waals surface area contributed by atoms with E-state index < -0.39 is 5.41 Å². The second kappa shape index (κ2) is 12.4. The second-order valence-electron chi connectivity index (χ2n) is 15.2. The Labute approximate surface area is 335 Å². The molecule has 2 heterocycles. The molecule has 3 nitrogen and oxygen atoms in total. The summed E-state index contributed by atoms with van der Waals surface area (Å²) in [6.07, 6.45) is 6.00. The predicted octanol–water partition coefficient (Wildman–Crippen LogP) is 12.9. The van der Waals surface area contributed by atoms with Crippen molar-refractivity contribution in [3.05, 3.63) is 228 Å². The fourth-order valence-corrected chi connectivity index (χ4v) is 9.98. The number of nitrogens with zero attached hydrogens (tertiary/aromatic N) is 1. The molecule has 8 aromatic carbocycles. The third kappa shape index (κ3) is 4.44. The Hall–Kier alpha value is -7.62. The summed E-state index contributed by atoms with van der Waals surface area (Å²) in [5.41, 5.74) is 17.4. The zero-order chi connectivity index (χ0) is 38.4. The highest BCUT2D eigenvalue weighted by Gasteiger charge is 2.53. The van der Waals surface area contributed by atoms with Crippen LogP contribution in [0.3, 0.4) is 0 Å². The largest absolute Gasteiger partial charge is 0.456 e. The topological polar surface area (TPSA) is 29.5 Å². The molecular weight excluding hydrogens is 707 g/mol. The first-order valence-electron chi connectivity index (χ1n) is 19.8. The van der Waals surface area contributed by atoms with E-state index in [1.54, 1.807) is 6.08 Å². The molecule has 0 N–H and O–H groups in total. The molecule has 3 heteroatoms. The van der Waals surface area contributed by atoms with Gasteiger partial charge in [-0.1, -0.05) is 158 Å². The Morgan fingerprint density at radius 1 is 0.466 bits per heavy atom. The average Bonchev–Trinajstić information content (AvgIpc) is 4.01. The Morgan fingerprint density at radius 2 is 1.07 bits per heavy atom. The van der Waals surface area contributed by atoms with E-state index in [2.05, 4.69) is 181 Å². The number of furan rings is 2. The Morgan fingerprint density at radius 3 is 1.83 bits per heavy atom. The lowest BCUT2D eigenvalue weighted by Crippen LogP contribution is -2.26. The van der Waals surface area contributed by atoms with Crippen LogP contribution < -0.4 is 15.5 Å². The first kappa shape index (κ1) is 32.6. The van der Waals surface area contributed by atoms with Gasteiger partial charge in [-0.15, -0.1) is 0 Å². The number of fused-ring (bicyclic) bond motifs is 15. The lowest BCUT2D eigenvalue weighted by molar-refractivity contribution is 0.575. The van der Waals surface area contributed by atoms with Gasteiger partial charge in [-0.3, -0.25) is 0 Å². The van der Waals surface area contributed by atoms with E-state index in [9.17, 15) is 0 Å². The minimum Gasteiger partial charge on any atom is -0.456 e. The van der Waals surface area contributed by atoms with Crippen LogP contribution in [0.4, 0.5) is 11.4 Å². The summed E-state index contributed by atoms with van der Waals surface area (Å²) >= 11 is 0. The van der Waals surface area contributed by atoms with Crippen LogP contribution in [0.2, 0.25) is 0 Å². The van der Waals surface area contributed by atoms with Gasteiger partial charge >= 0.3 is 0 Å². The summed E-state index contributed by atoms with van der Waals surface area (Å²) in [5, 5.41) is 4.35. The Balaban J connectivity index is 1.17. The third-order valence-electron chi connectivity index (χ3n) is 12.3. The summed E-state index contributed by atoms with van der Waals surface area (Å²) in [6, 6.07) is 65.5. The zero-order valence-corrected chi connectivity index (χ0v) is 31.5. The molecule has 2 aliphatic carbocycles. The lowest BCUT2D eigenvalue weighted by Gasteiger charge is -2.31. The van der Waals surface area contributed by atoms with Gasteiger partial charge in [0.1, 0.15) is 22.2 Å². The van der Waals surface area contributed by atoms with Crippen molar-refractivity contribution < 1.29 is 8.83 Å². The van der Waals surface area contributed by atoms with E-state index in [0.29, 0.717) is 0 Å². The second-order valence-corrected chi connectivity index (χ2v) is 15.2. The van der Waals surface area contributed by atoms with Gasteiger partial charge in [0.2, 0.25) is 0 Å². The zero-order valence-electron chi connectivity index (χ0n) is 31.5. The fraction of sp³-hybridized carbons (Fsp3) is 0.0182. The van der Waals surface area contributed by atoms with Crippen molar-refractivity contribution in [1.29, 1.82) is 0 Å². The number of hydrogen-bond acceptors (Lipinski definition) is 3. The molecule has 0 radical (unpaired) electrons. The highest BCUT2D eigenvalue weighted by Crippen LogP contribution is 2.65. The van der Waals surface area contributed by atoms with Crippen molar-refractivity contribution in [2.75, 3.05) is 4.90 Å². The van der Waals surface area contributed by atoms with Crippen LogP contribution in [0, 0.1) is 0 Å². The number of rotatable bonds is 5. The van der Waals surface area contributed by atoms with Crippen molar-refractivity contribution in [2.24, 2.45) is 0 Å². The highest BCUT2D eigenvalue weighted by molar-refractivity contribution is 6.16. The van der Waals surface area contributed by atoms with Crippen LogP contribution in [0.15, 0.2) is 203 Å². The average molecular weight is 742 g/mol. The van der Waals surface area contributed by atoms with Gasteiger partial charge < -0.3 is 13.7 Å². The molecular formula is C55H35NO2. The molecule has 1 spiro atoms. The minimum atomic E-state index is -0.548. The number of allylic oxidation sites excluding steroid dienone is 1. The molecule has 0 aliphatic heterocycles. The molecule has 0 saturated heterocycles. The van der Waals surface area contributed by atoms with E-state index in [4.69, 9.17) is 8.83 Å². The van der Waals surface area contributed by atoms with Crippen LogP contribution in [0.1, 0.15) is 22.3 Å². The molecule has 1 atom stereocenters. The standard InChI is InChI=1S/C55H35NO2/c1-2-15-48-42(38-18-8-12-26-49(38)57-48)34-56(37-30-28-36(29-31-37)35-16-4-3-5-17-35)47-25-14-24-45-52(47)39-19-6-10-22-43(39)55(45)44-23-11-7-20-40(44)53-46(55)32-33-51-54(53)41-21-9-13-27-50(41)58-51/h2-34H,1H2/b42-34-,48-15+. The van der Waals surface area contributed by atoms with Gasteiger partial charge in [-0.25, -0.2) is 0 Å². The van der Waals surface area contributed by atoms with Crippen molar-refractivity contribution in [1.82, 2.24) is 0 Å². The molecule has 12 rings (SSSR count). The highest BCUT2D eigenvalue weighted by atomic mass is 16.3. The number of para-hydroxylation sites is 2.